The van der Waals surface area contributed by atoms with Gasteiger partial charge in [0, 0.05) is 57.8 Å². The van der Waals surface area contributed by atoms with Gasteiger partial charge in [-0.25, -0.2) is 9.97 Å². The van der Waals surface area contributed by atoms with Crippen LogP contribution in [0.5, 0.6) is 0 Å². The fraction of sp³-hybridized carbons (Fsp3) is 0.579. The van der Waals surface area contributed by atoms with Gasteiger partial charge >= 0.3 is 0 Å². The minimum Gasteiger partial charge on any atom is -0.375 e. The van der Waals surface area contributed by atoms with Crippen LogP contribution in [0.15, 0.2) is 18.5 Å². The number of ether oxygens (including phenoxy) is 1. The van der Waals surface area contributed by atoms with Crippen LogP contribution in [0, 0.1) is 0 Å². The SMILES string of the molecule is COCC(=O)NCc1cc2n(n1)CCN(Cc1cnc(N3CCCC3)nc1)C2. The Morgan fingerprint density at radius 1 is 1.18 bits per heavy atom. The van der Waals surface area contributed by atoms with Crippen molar-refractivity contribution in [1.82, 2.24) is 30.0 Å². The molecule has 9 nitrogen and oxygen atoms in total. The van der Waals surface area contributed by atoms with Crippen molar-refractivity contribution in [3.8, 4) is 0 Å². The third-order valence-electron chi connectivity index (χ3n) is 5.16. The van der Waals surface area contributed by atoms with E-state index in [-0.39, 0.29) is 12.5 Å². The van der Waals surface area contributed by atoms with Crippen LogP contribution in [0.3, 0.4) is 0 Å². The highest BCUT2D eigenvalue weighted by Crippen LogP contribution is 2.18. The summed E-state index contributed by atoms with van der Waals surface area (Å²) in [4.78, 5) is 25.3. The minimum atomic E-state index is -0.132. The fourth-order valence-corrected chi connectivity index (χ4v) is 3.74. The molecule has 0 aliphatic carbocycles. The first-order chi connectivity index (χ1) is 13.7. The molecule has 1 saturated heterocycles. The molecule has 150 valence electrons. The highest BCUT2D eigenvalue weighted by Gasteiger charge is 2.20. The molecule has 0 radical (unpaired) electrons. The number of nitrogens with one attached hydrogen (secondary N) is 1. The number of rotatable bonds is 7. The average molecular weight is 385 g/mol. The molecule has 1 N–H and O–H groups in total. The lowest BCUT2D eigenvalue weighted by Gasteiger charge is -2.27. The molecule has 0 saturated carbocycles. The van der Waals surface area contributed by atoms with Gasteiger partial charge in [-0.05, 0) is 18.9 Å². The smallest absolute Gasteiger partial charge is 0.246 e. The van der Waals surface area contributed by atoms with Crippen LogP contribution in [0.25, 0.3) is 0 Å². The Bertz CT molecular complexity index is 799. The number of amides is 1. The van der Waals surface area contributed by atoms with Gasteiger partial charge in [0.2, 0.25) is 11.9 Å². The van der Waals surface area contributed by atoms with E-state index in [4.69, 9.17) is 4.74 Å². The minimum absolute atomic E-state index is 0.0694. The number of anilines is 1. The van der Waals surface area contributed by atoms with E-state index in [1.54, 1.807) is 0 Å². The molecular weight excluding hydrogens is 358 g/mol. The van der Waals surface area contributed by atoms with Crippen molar-refractivity contribution in [3.63, 3.8) is 0 Å². The van der Waals surface area contributed by atoms with Crippen LogP contribution in [0.1, 0.15) is 29.8 Å². The zero-order chi connectivity index (χ0) is 19.3. The lowest BCUT2D eigenvalue weighted by molar-refractivity contribution is -0.124. The Hall–Kier alpha value is -2.52. The molecule has 2 aliphatic heterocycles. The van der Waals surface area contributed by atoms with Crippen LogP contribution in [0.4, 0.5) is 5.95 Å². The highest BCUT2D eigenvalue weighted by molar-refractivity contribution is 5.77. The number of aromatic nitrogens is 4. The third kappa shape index (κ3) is 4.48. The highest BCUT2D eigenvalue weighted by atomic mass is 16.5. The van der Waals surface area contributed by atoms with Gasteiger partial charge in [-0.1, -0.05) is 0 Å². The average Bonchev–Trinajstić information content (AvgIpc) is 3.37. The first kappa shape index (κ1) is 18.8. The van der Waals surface area contributed by atoms with E-state index in [0.29, 0.717) is 6.54 Å². The second-order valence-corrected chi connectivity index (χ2v) is 7.36. The Morgan fingerprint density at radius 3 is 2.71 bits per heavy atom. The Kier molecular flexibility index (Phi) is 5.82. The number of hydrogen-bond acceptors (Lipinski definition) is 7. The number of nitrogens with zero attached hydrogens (tertiary/aromatic N) is 6. The summed E-state index contributed by atoms with van der Waals surface area (Å²) in [6.45, 7) is 6.03. The van der Waals surface area contributed by atoms with E-state index in [9.17, 15) is 4.79 Å². The molecule has 2 aromatic rings. The summed E-state index contributed by atoms with van der Waals surface area (Å²) in [6.07, 6.45) is 6.35. The van der Waals surface area contributed by atoms with Crippen LogP contribution in [0.2, 0.25) is 0 Å². The molecule has 4 heterocycles. The van der Waals surface area contributed by atoms with Crippen molar-refractivity contribution in [3.05, 3.63) is 35.4 Å². The largest absolute Gasteiger partial charge is 0.375 e. The molecule has 1 fully saturated rings. The van der Waals surface area contributed by atoms with Crippen molar-refractivity contribution >= 4 is 11.9 Å². The van der Waals surface area contributed by atoms with Gasteiger partial charge in [0.25, 0.3) is 0 Å². The topological polar surface area (TPSA) is 88.4 Å². The summed E-state index contributed by atoms with van der Waals surface area (Å²) in [5.41, 5.74) is 3.17. The molecule has 1 amide bonds. The van der Waals surface area contributed by atoms with E-state index in [0.717, 1.165) is 62.2 Å². The summed E-state index contributed by atoms with van der Waals surface area (Å²) in [5, 5.41) is 7.40. The molecular formula is C19H27N7O2. The van der Waals surface area contributed by atoms with Crippen molar-refractivity contribution in [2.75, 3.05) is 38.3 Å². The molecule has 2 aromatic heterocycles. The summed E-state index contributed by atoms with van der Waals surface area (Å²) in [5.74, 6) is 0.714. The summed E-state index contributed by atoms with van der Waals surface area (Å²) in [6, 6.07) is 2.06. The summed E-state index contributed by atoms with van der Waals surface area (Å²) < 4.78 is 6.85. The molecule has 0 unspecified atom stereocenters. The number of carbonyl (C=O) groups excluding carboxylic acids is 1. The van der Waals surface area contributed by atoms with Gasteiger partial charge in [-0.15, -0.1) is 0 Å². The maximum atomic E-state index is 11.5. The second-order valence-electron chi connectivity index (χ2n) is 7.36. The third-order valence-corrected chi connectivity index (χ3v) is 5.16. The molecule has 0 bridgehead atoms. The molecule has 4 rings (SSSR count). The van der Waals surface area contributed by atoms with E-state index < -0.39 is 0 Å². The fourth-order valence-electron chi connectivity index (χ4n) is 3.74. The standard InChI is InChI=1S/C19H27N7O2/c1-28-14-18(27)20-11-16-8-17-13-24(6-7-26(17)23-16)12-15-9-21-19(22-10-15)25-4-2-3-5-25/h8-10H,2-7,11-14H2,1H3,(H,20,27). The predicted molar refractivity (Wildman–Crippen MR) is 104 cm³/mol. The molecule has 2 aliphatic rings. The van der Waals surface area contributed by atoms with Gasteiger partial charge in [-0.2, -0.15) is 5.10 Å². The van der Waals surface area contributed by atoms with Crippen molar-refractivity contribution in [1.29, 1.82) is 0 Å². The van der Waals surface area contributed by atoms with Gasteiger partial charge in [0.1, 0.15) is 6.61 Å². The van der Waals surface area contributed by atoms with Crippen LogP contribution in [-0.2, 0) is 35.7 Å². The van der Waals surface area contributed by atoms with Gasteiger partial charge in [0.05, 0.1) is 24.5 Å². The van der Waals surface area contributed by atoms with Gasteiger partial charge in [0.15, 0.2) is 0 Å². The van der Waals surface area contributed by atoms with Crippen molar-refractivity contribution in [2.24, 2.45) is 0 Å². The normalized spacial score (nSPS) is 17.0. The Labute approximate surface area is 164 Å². The van der Waals surface area contributed by atoms with Crippen molar-refractivity contribution < 1.29 is 9.53 Å². The van der Waals surface area contributed by atoms with Crippen LogP contribution in [-0.4, -0.2) is 63.9 Å². The molecule has 0 atom stereocenters. The van der Waals surface area contributed by atoms with Gasteiger partial charge in [-0.3, -0.25) is 14.4 Å². The maximum absolute atomic E-state index is 11.5. The molecule has 9 heteroatoms. The molecule has 0 aromatic carbocycles. The molecule has 0 spiro atoms. The first-order valence-electron chi connectivity index (χ1n) is 9.81. The van der Waals surface area contributed by atoms with Crippen molar-refractivity contribution in [2.45, 2.75) is 39.0 Å². The maximum Gasteiger partial charge on any atom is 0.246 e. The lowest BCUT2D eigenvalue weighted by atomic mass is 10.2. The molecule has 28 heavy (non-hydrogen) atoms. The van der Waals surface area contributed by atoms with Crippen LogP contribution >= 0.6 is 0 Å². The van der Waals surface area contributed by atoms with E-state index >= 15 is 0 Å². The monoisotopic (exact) mass is 385 g/mol. The quantitative estimate of drug-likeness (QED) is 0.745. The van der Waals surface area contributed by atoms with Crippen LogP contribution < -0.4 is 10.2 Å². The summed E-state index contributed by atoms with van der Waals surface area (Å²) >= 11 is 0. The number of carbonyl (C=O) groups is 1. The lowest BCUT2D eigenvalue weighted by Crippen LogP contribution is -2.33. The van der Waals surface area contributed by atoms with E-state index in [2.05, 4.69) is 36.2 Å². The van der Waals surface area contributed by atoms with E-state index in [1.807, 2.05) is 17.1 Å². The first-order valence-corrected chi connectivity index (χ1v) is 9.81. The Balaban J connectivity index is 1.32. The van der Waals surface area contributed by atoms with E-state index in [1.165, 1.54) is 20.0 Å². The number of hydrogen-bond donors (Lipinski definition) is 1. The second kappa shape index (κ2) is 8.66. The zero-order valence-electron chi connectivity index (χ0n) is 16.3. The number of methoxy groups -OCH3 is 1. The van der Waals surface area contributed by atoms with Gasteiger partial charge < -0.3 is 15.0 Å². The predicted octanol–water partition coefficient (Wildman–Crippen LogP) is 0.552. The Morgan fingerprint density at radius 2 is 1.96 bits per heavy atom. The summed E-state index contributed by atoms with van der Waals surface area (Å²) in [7, 11) is 1.51. The zero-order valence-corrected chi connectivity index (χ0v) is 16.3. The number of fused-ring (bicyclic) bond motifs is 1.